The molecule has 0 bridgehead atoms. The van der Waals surface area contributed by atoms with Crippen molar-refractivity contribution in [1.82, 2.24) is 10.2 Å². The number of ether oxygens (including phenoxy) is 1. The van der Waals surface area contributed by atoms with Crippen LogP contribution in [0.15, 0.2) is 18.2 Å². The number of anilines is 1. The summed E-state index contributed by atoms with van der Waals surface area (Å²) in [4.78, 5) is 14.4. The van der Waals surface area contributed by atoms with Crippen LogP contribution in [-0.2, 0) is 4.79 Å². The normalized spacial score (nSPS) is 17.6. The molecule has 5 nitrogen and oxygen atoms in total. The number of hydrogen-bond donors (Lipinski definition) is 2. The molecule has 0 aromatic heterocycles. The second-order valence-corrected chi connectivity index (χ2v) is 5.21. The fourth-order valence-electron chi connectivity index (χ4n) is 2.23. The van der Waals surface area contributed by atoms with E-state index in [1.807, 2.05) is 6.92 Å². The number of amides is 1. The zero-order chi connectivity index (χ0) is 14.5. The molecule has 6 heteroatoms. The van der Waals surface area contributed by atoms with E-state index in [0.717, 1.165) is 26.2 Å². The Balaban J connectivity index is 1.98. The first kappa shape index (κ1) is 15.1. The van der Waals surface area contributed by atoms with Gasteiger partial charge in [0.15, 0.2) is 0 Å². The van der Waals surface area contributed by atoms with Gasteiger partial charge in [-0.3, -0.25) is 9.69 Å². The number of piperazine rings is 1. The fraction of sp³-hybridized carbons (Fsp3) is 0.500. The third-order valence-electron chi connectivity index (χ3n) is 3.50. The molecule has 0 spiro atoms. The van der Waals surface area contributed by atoms with Crippen LogP contribution in [0.5, 0.6) is 5.75 Å². The van der Waals surface area contributed by atoms with Crippen LogP contribution in [0.4, 0.5) is 5.69 Å². The third kappa shape index (κ3) is 3.62. The van der Waals surface area contributed by atoms with Crippen molar-refractivity contribution < 1.29 is 9.53 Å². The molecule has 2 N–H and O–H groups in total. The molecule has 1 aliphatic rings. The molecule has 0 aliphatic carbocycles. The first-order chi connectivity index (χ1) is 9.61. The van der Waals surface area contributed by atoms with Crippen LogP contribution in [0, 0.1) is 0 Å². The minimum absolute atomic E-state index is 0.0202. The Morgan fingerprint density at radius 2 is 2.15 bits per heavy atom. The summed E-state index contributed by atoms with van der Waals surface area (Å²) >= 11 is 6.05. The summed E-state index contributed by atoms with van der Waals surface area (Å²) in [5.41, 5.74) is 0.683. The molecule has 1 saturated heterocycles. The van der Waals surface area contributed by atoms with Crippen molar-refractivity contribution in [2.45, 2.75) is 13.0 Å². The van der Waals surface area contributed by atoms with Gasteiger partial charge in [-0.1, -0.05) is 11.6 Å². The van der Waals surface area contributed by atoms with Gasteiger partial charge in [0, 0.05) is 31.9 Å². The minimum Gasteiger partial charge on any atom is -0.495 e. The van der Waals surface area contributed by atoms with Gasteiger partial charge in [-0.2, -0.15) is 0 Å². The lowest BCUT2D eigenvalue weighted by molar-refractivity contribution is -0.120. The lowest BCUT2D eigenvalue weighted by Gasteiger charge is -2.31. The Bertz CT molecular complexity index is 475. The van der Waals surface area contributed by atoms with E-state index in [1.165, 1.54) is 0 Å². The van der Waals surface area contributed by atoms with Gasteiger partial charge in [-0.15, -0.1) is 0 Å². The molecule has 1 atom stereocenters. The second kappa shape index (κ2) is 6.92. The van der Waals surface area contributed by atoms with Gasteiger partial charge in [-0.05, 0) is 25.1 Å². The van der Waals surface area contributed by atoms with Gasteiger partial charge in [0.2, 0.25) is 5.91 Å². The number of nitrogens with zero attached hydrogens (tertiary/aromatic N) is 1. The topological polar surface area (TPSA) is 53.6 Å². The minimum atomic E-state index is -0.155. The van der Waals surface area contributed by atoms with Crippen molar-refractivity contribution >= 4 is 23.2 Å². The van der Waals surface area contributed by atoms with Gasteiger partial charge in [0.25, 0.3) is 0 Å². The van der Waals surface area contributed by atoms with Gasteiger partial charge in [-0.25, -0.2) is 0 Å². The van der Waals surface area contributed by atoms with Crippen LogP contribution in [0.25, 0.3) is 0 Å². The highest BCUT2D eigenvalue weighted by Crippen LogP contribution is 2.27. The van der Waals surface area contributed by atoms with E-state index >= 15 is 0 Å². The van der Waals surface area contributed by atoms with Crippen molar-refractivity contribution in [3.63, 3.8) is 0 Å². The highest BCUT2D eigenvalue weighted by molar-refractivity contribution is 6.32. The van der Waals surface area contributed by atoms with E-state index in [9.17, 15) is 4.79 Å². The number of nitrogens with one attached hydrogen (secondary N) is 2. The van der Waals surface area contributed by atoms with Gasteiger partial charge in [0.05, 0.1) is 18.2 Å². The van der Waals surface area contributed by atoms with Gasteiger partial charge >= 0.3 is 0 Å². The monoisotopic (exact) mass is 297 g/mol. The lowest BCUT2D eigenvalue weighted by atomic mass is 10.2. The van der Waals surface area contributed by atoms with E-state index < -0.39 is 0 Å². The number of carbonyl (C=O) groups is 1. The molecule has 0 radical (unpaired) electrons. The number of halogens is 1. The zero-order valence-corrected chi connectivity index (χ0v) is 12.5. The van der Waals surface area contributed by atoms with Crippen LogP contribution in [0.1, 0.15) is 6.92 Å². The Hall–Kier alpha value is -1.30. The maximum Gasteiger partial charge on any atom is 0.241 e. The molecule has 0 saturated carbocycles. The smallest absolute Gasteiger partial charge is 0.241 e. The standard InChI is InChI=1S/C14H20ClN3O2/c1-10(18-7-5-16-6-8-18)14(19)17-11-3-4-13(20-2)12(15)9-11/h3-4,9-10,16H,5-8H2,1-2H3,(H,17,19). The summed E-state index contributed by atoms with van der Waals surface area (Å²) in [7, 11) is 1.56. The predicted molar refractivity (Wildman–Crippen MR) is 80.5 cm³/mol. The quantitative estimate of drug-likeness (QED) is 0.886. The van der Waals surface area contributed by atoms with Gasteiger partial charge < -0.3 is 15.4 Å². The Morgan fingerprint density at radius 3 is 2.75 bits per heavy atom. The molecule has 2 rings (SSSR count). The van der Waals surface area contributed by atoms with Crippen LogP contribution < -0.4 is 15.4 Å². The summed E-state index contributed by atoms with van der Waals surface area (Å²) < 4.78 is 5.09. The molecule has 1 unspecified atom stereocenters. The van der Waals surface area contributed by atoms with Crippen LogP contribution in [0.2, 0.25) is 5.02 Å². The molecule has 1 amide bonds. The molecule has 20 heavy (non-hydrogen) atoms. The summed E-state index contributed by atoms with van der Waals surface area (Å²) in [5, 5.41) is 6.65. The zero-order valence-electron chi connectivity index (χ0n) is 11.8. The maximum atomic E-state index is 12.2. The largest absolute Gasteiger partial charge is 0.495 e. The van der Waals surface area contributed by atoms with E-state index in [1.54, 1.807) is 25.3 Å². The Kier molecular flexibility index (Phi) is 5.23. The summed E-state index contributed by atoms with van der Waals surface area (Å²) in [6, 6.07) is 5.07. The number of benzene rings is 1. The van der Waals surface area contributed by atoms with Crippen molar-refractivity contribution in [3.05, 3.63) is 23.2 Å². The highest BCUT2D eigenvalue weighted by Gasteiger charge is 2.22. The van der Waals surface area contributed by atoms with Crippen LogP contribution >= 0.6 is 11.6 Å². The second-order valence-electron chi connectivity index (χ2n) is 4.80. The number of rotatable bonds is 4. The SMILES string of the molecule is COc1ccc(NC(=O)C(C)N2CCNCC2)cc1Cl. The molecular formula is C14H20ClN3O2. The average molecular weight is 298 g/mol. The average Bonchev–Trinajstić information content (AvgIpc) is 2.47. The van der Waals surface area contributed by atoms with E-state index in [4.69, 9.17) is 16.3 Å². The summed E-state index contributed by atoms with van der Waals surface area (Å²) in [6.07, 6.45) is 0. The molecular weight excluding hydrogens is 278 g/mol. The van der Waals surface area contributed by atoms with Crippen molar-refractivity contribution in [2.75, 3.05) is 38.6 Å². The third-order valence-corrected chi connectivity index (χ3v) is 3.79. The summed E-state index contributed by atoms with van der Waals surface area (Å²) in [5.74, 6) is 0.577. The number of methoxy groups -OCH3 is 1. The number of hydrogen-bond acceptors (Lipinski definition) is 4. The summed E-state index contributed by atoms with van der Waals surface area (Å²) in [6.45, 7) is 5.54. The van der Waals surface area contributed by atoms with Crippen molar-refractivity contribution in [3.8, 4) is 5.75 Å². The number of carbonyl (C=O) groups excluding carboxylic acids is 1. The molecule has 1 heterocycles. The van der Waals surface area contributed by atoms with E-state index in [2.05, 4.69) is 15.5 Å². The molecule has 1 aliphatic heterocycles. The lowest BCUT2D eigenvalue weighted by Crippen LogP contribution is -2.51. The first-order valence-electron chi connectivity index (χ1n) is 6.71. The fourth-order valence-corrected chi connectivity index (χ4v) is 2.48. The Labute approximate surface area is 124 Å². The van der Waals surface area contributed by atoms with Gasteiger partial charge in [0.1, 0.15) is 5.75 Å². The molecule has 110 valence electrons. The van der Waals surface area contributed by atoms with E-state index in [-0.39, 0.29) is 11.9 Å². The van der Waals surface area contributed by atoms with E-state index in [0.29, 0.717) is 16.5 Å². The highest BCUT2D eigenvalue weighted by atomic mass is 35.5. The molecule has 1 aromatic carbocycles. The van der Waals surface area contributed by atoms with Crippen LogP contribution in [-0.4, -0.2) is 50.1 Å². The molecule has 1 aromatic rings. The molecule has 1 fully saturated rings. The maximum absolute atomic E-state index is 12.2. The first-order valence-corrected chi connectivity index (χ1v) is 7.09. The van der Waals surface area contributed by atoms with Crippen molar-refractivity contribution in [2.24, 2.45) is 0 Å². The van der Waals surface area contributed by atoms with Crippen LogP contribution in [0.3, 0.4) is 0 Å². The predicted octanol–water partition coefficient (Wildman–Crippen LogP) is 1.58. The van der Waals surface area contributed by atoms with Crippen molar-refractivity contribution in [1.29, 1.82) is 0 Å². The Morgan fingerprint density at radius 1 is 1.45 bits per heavy atom.